The van der Waals surface area contributed by atoms with Crippen molar-refractivity contribution >= 4 is 0 Å². The predicted molar refractivity (Wildman–Crippen MR) is 46.9 cm³/mol. The molecule has 60 valence electrons. The second-order valence-electron chi connectivity index (χ2n) is 3.09. The van der Waals surface area contributed by atoms with Gasteiger partial charge in [0, 0.05) is 13.1 Å². The van der Waals surface area contributed by atoms with Crippen molar-refractivity contribution in [2.75, 3.05) is 7.05 Å². The third kappa shape index (κ3) is 3.54. The van der Waals surface area contributed by atoms with E-state index in [4.69, 9.17) is 0 Å². The van der Waals surface area contributed by atoms with Crippen LogP contribution in [0.5, 0.6) is 0 Å². The van der Waals surface area contributed by atoms with Gasteiger partial charge in [0.1, 0.15) is 0 Å². The van der Waals surface area contributed by atoms with E-state index < -0.39 is 0 Å². The average Bonchev–Trinajstić information content (AvgIpc) is 1.87. The topological polar surface area (TPSA) is 3.24 Å². The van der Waals surface area contributed by atoms with Crippen molar-refractivity contribution in [3.8, 4) is 0 Å². The highest BCUT2D eigenvalue weighted by molar-refractivity contribution is 4.96. The van der Waals surface area contributed by atoms with Crippen LogP contribution in [-0.4, -0.2) is 18.0 Å². The van der Waals surface area contributed by atoms with Gasteiger partial charge in [0.15, 0.2) is 0 Å². The molecule has 0 unspecified atom stereocenters. The highest BCUT2D eigenvalue weighted by atomic mass is 15.1. The average molecular weight is 141 g/mol. The van der Waals surface area contributed by atoms with Crippen LogP contribution in [-0.2, 0) is 0 Å². The van der Waals surface area contributed by atoms with Gasteiger partial charge in [0.25, 0.3) is 0 Å². The zero-order chi connectivity index (χ0) is 8.15. The fourth-order valence-corrected chi connectivity index (χ4v) is 0.588. The van der Waals surface area contributed by atoms with E-state index in [1.54, 1.807) is 0 Å². The Morgan fingerprint density at radius 3 is 2.30 bits per heavy atom. The van der Waals surface area contributed by atoms with E-state index in [-0.39, 0.29) is 0 Å². The summed E-state index contributed by atoms with van der Waals surface area (Å²) in [5, 5.41) is 0. The zero-order valence-corrected chi connectivity index (χ0v) is 7.81. The molecule has 0 heterocycles. The van der Waals surface area contributed by atoms with E-state index in [0.29, 0.717) is 6.04 Å². The molecule has 1 nitrogen and oxygen atoms in total. The van der Waals surface area contributed by atoms with Crippen molar-refractivity contribution in [3.63, 3.8) is 0 Å². The quantitative estimate of drug-likeness (QED) is 0.584. The van der Waals surface area contributed by atoms with Gasteiger partial charge >= 0.3 is 0 Å². The largest absolute Gasteiger partial charge is 0.378 e. The fraction of sp³-hybridized carbons (Fsp3) is 0.778. The van der Waals surface area contributed by atoms with Crippen LogP contribution in [0.2, 0.25) is 0 Å². The second kappa shape index (κ2) is 4.37. The molecule has 0 spiro atoms. The molecule has 0 radical (unpaired) electrons. The van der Waals surface area contributed by atoms with Crippen LogP contribution in [0.3, 0.4) is 0 Å². The molecule has 0 N–H and O–H groups in total. The van der Waals surface area contributed by atoms with Crippen LogP contribution < -0.4 is 0 Å². The SMILES string of the molecule is CC/C(C)=C\N(C)C(C)C. The summed E-state index contributed by atoms with van der Waals surface area (Å²) in [5.74, 6) is 0. The van der Waals surface area contributed by atoms with Crippen molar-refractivity contribution in [2.24, 2.45) is 0 Å². The number of hydrogen-bond donors (Lipinski definition) is 0. The van der Waals surface area contributed by atoms with Crippen LogP contribution in [0.1, 0.15) is 34.1 Å². The number of nitrogens with zero attached hydrogens (tertiary/aromatic N) is 1. The first kappa shape index (κ1) is 9.54. The maximum absolute atomic E-state index is 2.23. The molecule has 10 heavy (non-hydrogen) atoms. The van der Waals surface area contributed by atoms with Gasteiger partial charge in [-0.1, -0.05) is 12.5 Å². The Hall–Kier alpha value is -0.460. The number of hydrogen-bond acceptors (Lipinski definition) is 1. The van der Waals surface area contributed by atoms with E-state index in [1.165, 1.54) is 5.57 Å². The zero-order valence-electron chi connectivity index (χ0n) is 7.81. The molecule has 1 heteroatoms. The van der Waals surface area contributed by atoms with Crippen molar-refractivity contribution < 1.29 is 0 Å². The summed E-state index contributed by atoms with van der Waals surface area (Å²) in [7, 11) is 2.11. The minimum atomic E-state index is 0.612. The van der Waals surface area contributed by atoms with Crippen LogP contribution in [0.15, 0.2) is 11.8 Å². The molecule has 0 bridgehead atoms. The van der Waals surface area contributed by atoms with E-state index in [2.05, 4.69) is 45.8 Å². The monoisotopic (exact) mass is 141 g/mol. The summed E-state index contributed by atoms with van der Waals surface area (Å²) in [5.41, 5.74) is 1.44. The molecule has 0 aromatic rings. The lowest BCUT2D eigenvalue weighted by Crippen LogP contribution is -2.20. The molecule has 0 amide bonds. The summed E-state index contributed by atoms with van der Waals surface area (Å²) >= 11 is 0. The molecule has 0 aliphatic rings. The first-order valence-electron chi connectivity index (χ1n) is 3.97. The highest BCUT2D eigenvalue weighted by Gasteiger charge is 1.96. The Bertz CT molecular complexity index is 114. The maximum atomic E-state index is 2.23. The van der Waals surface area contributed by atoms with Crippen molar-refractivity contribution in [2.45, 2.75) is 40.2 Å². The van der Waals surface area contributed by atoms with Gasteiger partial charge in [-0.3, -0.25) is 0 Å². The number of rotatable bonds is 3. The highest BCUT2D eigenvalue weighted by Crippen LogP contribution is 2.02. The Morgan fingerprint density at radius 2 is 2.00 bits per heavy atom. The molecule has 0 aliphatic carbocycles. The maximum Gasteiger partial charge on any atom is 0.0224 e. The Balaban J connectivity index is 3.86. The molecule has 0 rings (SSSR count). The van der Waals surface area contributed by atoms with Crippen LogP contribution in [0.4, 0.5) is 0 Å². The predicted octanol–water partition coefficient (Wildman–Crippen LogP) is 2.64. The van der Waals surface area contributed by atoms with Crippen molar-refractivity contribution in [1.82, 2.24) is 4.90 Å². The summed E-state index contributed by atoms with van der Waals surface area (Å²) in [6.45, 7) is 8.73. The number of allylic oxidation sites excluding steroid dienone is 1. The summed E-state index contributed by atoms with van der Waals surface area (Å²) in [4.78, 5) is 2.23. The van der Waals surface area contributed by atoms with Gasteiger partial charge in [-0.2, -0.15) is 0 Å². The lowest BCUT2D eigenvalue weighted by Gasteiger charge is -2.19. The Kier molecular flexibility index (Phi) is 4.17. The van der Waals surface area contributed by atoms with E-state index in [0.717, 1.165) is 6.42 Å². The molecular formula is C9H19N. The standard InChI is InChI=1S/C9H19N/c1-6-9(4)7-10(5)8(2)3/h7-8H,6H2,1-5H3/b9-7-. The normalized spacial score (nSPS) is 12.4. The first-order chi connectivity index (χ1) is 4.57. The fourth-order valence-electron chi connectivity index (χ4n) is 0.588. The van der Waals surface area contributed by atoms with Gasteiger partial charge in [0.2, 0.25) is 0 Å². The minimum absolute atomic E-state index is 0.612. The van der Waals surface area contributed by atoms with Gasteiger partial charge in [0.05, 0.1) is 0 Å². The van der Waals surface area contributed by atoms with E-state index in [9.17, 15) is 0 Å². The van der Waals surface area contributed by atoms with Crippen molar-refractivity contribution in [1.29, 1.82) is 0 Å². The third-order valence-electron chi connectivity index (χ3n) is 1.80. The first-order valence-corrected chi connectivity index (χ1v) is 3.97. The lowest BCUT2D eigenvalue weighted by molar-refractivity contribution is 0.372. The van der Waals surface area contributed by atoms with Crippen molar-refractivity contribution in [3.05, 3.63) is 11.8 Å². The van der Waals surface area contributed by atoms with Crippen LogP contribution >= 0.6 is 0 Å². The summed E-state index contributed by atoms with van der Waals surface area (Å²) < 4.78 is 0. The second-order valence-corrected chi connectivity index (χ2v) is 3.09. The lowest BCUT2D eigenvalue weighted by atomic mass is 10.2. The third-order valence-corrected chi connectivity index (χ3v) is 1.80. The molecule has 0 aliphatic heterocycles. The van der Waals surface area contributed by atoms with E-state index in [1.807, 2.05) is 0 Å². The molecular weight excluding hydrogens is 122 g/mol. The molecule has 0 fully saturated rings. The molecule has 0 saturated carbocycles. The van der Waals surface area contributed by atoms with Gasteiger partial charge in [-0.15, -0.1) is 0 Å². The van der Waals surface area contributed by atoms with Gasteiger partial charge < -0.3 is 4.90 Å². The summed E-state index contributed by atoms with van der Waals surface area (Å²) in [6.07, 6.45) is 3.36. The molecule has 0 aromatic carbocycles. The van der Waals surface area contributed by atoms with E-state index >= 15 is 0 Å². The summed E-state index contributed by atoms with van der Waals surface area (Å²) in [6, 6.07) is 0.612. The molecule has 0 aromatic heterocycles. The van der Waals surface area contributed by atoms with Gasteiger partial charge in [-0.25, -0.2) is 0 Å². The molecule has 0 saturated heterocycles. The smallest absolute Gasteiger partial charge is 0.0224 e. The van der Waals surface area contributed by atoms with Gasteiger partial charge in [-0.05, 0) is 33.4 Å². The van der Waals surface area contributed by atoms with Crippen LogP contribution in [0.25, 0.3) is 0 Å². The minimum Gasteiger partial charge on any atom is -0.378 e. The van der Waals surface area contributed by atoms with Crippen LogP contribution in [0, 0.1) is 0 Å². The molecule has 0 atom stereocenters. The Morgan fingerprint density at radius 1 is 1.50 bits per heavy atom. The Labute approximate surface area is 64.7 Å².